The average molecular weight is 329 g/mol. The van der Waals surface area contributed by atoms with Crippen molar-refractivity contribution in [1.29, 1.82) is 0 Å². The van der Waals surface area contributed by atoms with Gasteiger partial charge in [0.2, 0.25) is 0 Å². The Labute approximate surface area is 122 Å². The number of aliphatic hydroxyl groups excluding tert-OH is 1. The summed E-state index contributed by atoms with van der Waals surface area (Å²) in [6.45, 7) is 4.20. The fraction of sp³-hybridized carbons (Fsp3) is 0.643. The fourth-order valence-corrected chi connectivity index (χ4v) is 2.67. The molecule has 1 aromatic heterocycles. The van der Waals surface area contributed by atoms with Crippen LogP contribution >= 0.6 is 15.9 Å². The number of amides is 1. The second-order valence-corrected chi connectivity index (χ2v) is 6.43. The summed E-state index contributed by atoms with van der Waals surface area (Å²) in [5.41, 5.74) is 0.706. The number of hydrogen-bond acceptors (Lipinski definition) is 2. The first-order chi connectivity index (χ1) is 9.02. The molecule has 2 N–H and O–H groups in total. The number of carbonyl (C=O) groups is 1. The summed E-state index contributed by atoms with van der Waals surface area (Å²) in [5.74, 6) is 0.258. The van der Waals surface area contributed by atoms with E-state index in [0.29, 0.717) is 24.1 Å². The quantitative estimate of drug-likeness (QED) is 0.843. The van der Waals surface area contributed by atoms with Crippen LogP contribution in [0, 0.1) is 5.92 Å². The number of nitrogens with one attached hydrogen (secondary N) is 1. The Morgan fingerprint density at radius 1 is 1.58 bits per heavy atom. The van der Waals surface area contributed by atoms with Gasteiger partial charge in [0.05, 0.1) is 0 Å². The molecule has 1 fully saturated rings. The molecule has 1 aliphatic carbocycles. The van der Waals surface area contributed by atoms with Crippen LogP contribution in [-0.4, -0.2) is 28.2 Å². The lowest BCUT2D eigenvalue weighted by molar-refractivity contribution is 0.0907. The van der Waals surface area contributed by atoms with Gasteiger partial charge in [-0.1, -0.05) is 13.8 Å². The molecular weight excluding hydrogens is 308 g/mol. The van der Waals surface area contributed by atoms with Gasteiger partial charge in [-0.05, 0) is 47.2 Å². The summed E-state index contributed by atoms with van der Waals surface area (Å²) in [7, 11) is 0. The van der Waals surface area contributed by atoms with Crippen molar-refractivity contribution in [2.45, 2.75) is 45.2 Å². The van der Waals surface area contributed by atoms with E-state index in [4.69, 9.17) is 5.11 Å². The molecule has 5 heteroatoms. The minimum atomic E-state index is -0.0512. The number of halogens is 1. The SMILES string of the molecule is CC(C)C(CCO)NC(=O)c1cc(Br)cn1C1CC1. The van der Waals surface area contributed by atoms with Crippen LogP contribution in [0.3, 0.4) is 0 Å². The second kappa shape index (κ2) is 6.09. The highest BCUT2D eigenvalue weighted by atomic mass is 79.9. The van der Waals surface area contributed by atoms with Gasteiger partial charge < -0.3 is 15.0 Å². The highest BCUT2D eigenvalue weighted by Gasteiger charge is 2.28. The van der Waals surface area contributed by atoms with E-state index < -0.39 is 0 Å². The highest BCUT2D eigenvalue weighted by Crippen LogP contribution is 2.37. The van der Waals surface area contributed by atoms with Crippen molar-refractivity contribution in [2.24, 2.45) is 5.92 Å². The lowest BCUT2D eigenvalue weighted by Crippen LogP contribution is -2.39. The molecule has 1 aliphatic rings. The molecule has 1 unspecified atom stereocenters. The third-order valence-electron chi connectivity index (χ3n) is 3.55. The molecule has 0 saturated heterocycles. The van der Waals surface area contributed by atoms with E-state index in [1.807, 2.05) is 12.3 Å². The largest absolute Gasteiger partial charge is 0.396 e. The van der Waals surface area contributed by atoms with Crippen LogP contribution < -0.4 is 5.32 Å². The Bertz CT molecular complexity index is 452. The van der Waals surface area contributed by atoms with Crippen molar-refractivity contribution in [1.82, 2.24) is 9.88 Å². The van der Waals surface area contributed by atoms with Gasteiger partial charge >= 0.3 is 0 Å². The van der Waals surface area contributed by atoms with Gasteiger partial charge in [-0.3, -0.25) is 4.79 Å². The van der Waals surface area contributed by atoms with Crippen LogP contribution in [0.1, 0.15) is 49.6 Å². The number of nitrogens with zero attached hydrogens (tertiary/aromatic N) is 1. The Balaban J connectivity index is 2.10. The molecule has 1 amide bonds. The van der Waals surface area contributed by atoms with Gasteiger partial charge in [0.15, 0.2) is 0 Å². The van der Waals surface area contributed by atoms with Gasteiger partial charge in [-0.15, -0.1) is 0 Å². The minimum Gasteiger partial charge on any atom is -0.396 e. The number of carbonyl (C=O) groups excluding carboxylic acids is 1. The van der Waals surface area contributed by atoms with Crippen molar-refractivity contribution in [3.05, 3.63) is 22.4 Å². The van der Waals surface area contributed by atoms with E-state index in [1.165, 1.54) is 0 Å². The van der Waals surface area contributed by atoms with E-state index >= 15 is 0 Å². The summed E-state index contributed by atoms with van der Waals surface area (Å²) < 4.78 is 2.99. The summed E-state index contributed by atoms with van der Waals surface area (Å²) in [6, 6.07) is 2.35. The van der Waals surface area contributed by atoms with Crippen LogP contribution in [0.15, 0.2) is 16.7 Å². The molecule has 0 radical (unpaired) electrons. The van der Waals surface area contributed by atoms with Crippen molar-refractivity contribution in [3.63, 3.8) is 0 Å². The van der Waals surface area contributed by atoms with Crippen LogP contribution in [-0.2, 0) is 0 Å². The lowest BCUT2D eigenvalue weighted by atomic mass is 10.0. The highest BCUT2D eigenvalue weighted by molar-refractivity contribution is 9.10. The Morgan fingerprint density at radius 3 is 2.79 bits per heavy atom. The summed E-state index contributed by atoms with van der Waals surface area (Å²) in [5, 5.41) is 12.1. The molecular formula is C14H21BrN2O2. The van der Waals surface area contributed by atoms with Crippen LogP contribution in [0.25, 0.3) is 0 Å². The molecule has 0 spiro atoms. The molecule has 1 atom stereocenters. The van der Waals surface area contributed by atoms with Crippen molar-refractivity contribution < 1.29 is 9.90 Å². The maximum absolute atomic E-state index is 12.4. The van der Waals surface area contributed by atoms with Crippen molar-refractivity contribution in [2.75, 3.05) is 6.61 Å². The van der Waals surface area contributed by atoms with E-state index in [0.717, 1.165) is 17.3 Å². The van der Waals surface area contributed by atoms with E-state index in [2.05, 4.69) is 39.7 Å². The van der Waals surface area contributed by atoms with Gasteiger partial charge in [-0.2, -0.15) is 0 Å². The Kier molecular flexibility index (Phi) is 4.68. The standard InChI is InChI=1S/C14H21BrN2O2/c1-9(2)12(5-6-18)16-14(19)13-7-10(15)8-17(13)11-3-4-11/h7-9,11-12,18H,3-6H2,1-2H3,(H,16,19). The van der Waals surface area contributed by atoms with Gasteiger partial charge in [0, 0.05) is 29.4 Å². The summed E-state index contributed by atoms with van der Waals surface area (Å²) in [6.07, 6.45) is 4.86. The van der Waals surface area contributed by atoms with Crippen LogP contribution in [0.5, 0.6) is 0 Å². The smallest absolute Gasteiger partial charge is 0.268 e. The summed E-state index contributed by atoms with van der Waals surface area (Å²) >= 11 is 3.43. The first-order valence-electron chi connectivity index (χ1n) is 6.82. The number of hydrogen-bond donors (Lipinski definition) is 2. The molecule has 0 aromatic carbocycles. The van der Waals surface area contributed by atoms with Crippen LogP contribution in [0.4, 0.5) is 0 Å². The maximum Gasteiger partial charge on any atom is 0.268 e. The normalized spacial score (nSPS) is 16.7. The fourth-order valence-electron chi connectivity index (χ4n) is 2.24. The lowest BCUT2D eigenvalue weighted by Gasteiger charge is -2.21. The summed E-state index contributed by atoms with van der Waals surface area (Å²) in [4.78, 5) is 12.4. The number of aromatic nitrogens is 1. The first kappa shape index (κ1) is 14.6. The first-order valence-corrected chi connectivity index (χ1v) is 7.61. The third-order valence-corrected chi connectivity index (χ3v) is 3.98. The molecule has 1 aromatic rings. The molecule has 1 heterocycles. The molecule has 1 saturated carbocycles. The molecule has 2 rings (SSSR count). The van der Waals surface area contributed by atoms with E-state index in [1.54, 1.807) is 0 Å². The van der Waals surface area contributed by atoms with Gasteiger partial charge in [0.25, 0.3) is 5.91 Å². The average Bonchev–Trinajstić information content (AvgIpc) is 3.11. The molecule has 19 heavy (non-hydrogen) atoms. The monoisotopic (exact) mass is 328 g/mol. The van der Waals surface area contributed by atoms with E-state index in [9.17, 15) is 4.79 Å². The number of aliphatic hydroxyl groups is 1. The number of rotatable bonds is 6. The Morgan fingerprint density at radius 2 is 2.26 bits per heavy atom. The second-order valence-electron chi connectivity index (χ2n) is 5.52. The van der Waals surface area contributed by atoms with Crippen molar-refractivity contribution in [3.8, 4) is 0 Å². The molecule has 0 bridgehead atoms. The van der Waals surface area contributed by atoms with Gasteiger partial charge in [-0.25, -0.2) is 0 Å². The van der Waals surface area contributed by atoms with E-state index in [-0.39, 0.29) is 18.6 Å². The zero-order valence-corrected chi connectivity index (χ0v) is 13.0. The van der Waals surface area contributed by atoms with Gasteiger partial charge in [0.1, 0.15) is 5.69 Å². The predicted molar refractivity (Wildman–Crippen MR) is 78.2 cm³/mol. The minimum absolute atomic E-state index is 0.0128. The Hall–Kier alpha value is -0.810. The third kappa shape index (κ3) is 3.60. The molecule has 106 valence electrons. The molecule has 0 aliphatic heterocycles. The predicted octanol–water partition coefficient (Wildman–Crippen LogP) is 2.72. The van der Waals surface area contributed by atoms with Crippen molar-refractivity contribution >= 4 is 21.8 Å². The topological polar surface area (TPSA) is 54.3 Å². The van der Waals surface area contributed by atoms with Crippen LogP contribution in [0.2, 0.25) is 0 Å². The zero-order valence-electron chi connectivity index (χ0n) is 11.4. The maximum atomic E-state index is 12.4. The zero-order chi connectivity index (χ0) is 14.0. The molecule has 4 nitrogen and oxygen atoms in total.